The van der Waals surface area contributed by atoms with Crippen molar-refractivity contribution in [3.05, 3.63) is 287 Å². The minimum Gasteiger partial charge on any atom is -0.854 e. The van der Waals surface area contributed by atoms with Crippen LogP contribution >= 0.6 is 0 Å². The van der Waals surface area contributed by atoms with Crippen LogP contribution in [0.2, 0.25) is 0 Å². The second kappa shape index (κ2) is 64.1. The molecular formula is C66H64Co2Gd2N2O20+. The maximum Gasteiger partial charge on any atom is 3.00 e. The van der Waals surface area contributed by atoms with Crippen molar-refractivity contribution in [2.75, 3.05) is 66.7 Å². The molecule has 0 aliphatic rings. The molecule has 22 nitrogen and oxygen atoms in total. The van der Waals surface area contributed by atoms with Crippen molar-refractivity contribution in [2.45, 2.75) is 0 Å². The fourth-order valence-electron chi connectivity index (χ4n) is 5.47. The van der Waals surface area contributed by atoms with Gasteiger partial charge in [0.1, 0.15) is 0 Å². The molecule has 92 heavy (non-hydrogen) atoms. The monoisotopic (exact) mass is 1640 g/mol. The Balaban J connectivity index is -0.000000222. The third-order valence-corrected chi connectivity index (χ3v) is 9.99. The largest absolute Gasteiger partial charge is 3.00 e. The van der Waals surface area contributed by atoms with Crippen LogP contribution in [-0.2, 0) is 33.6 Å². The van der Waals surface area contributed by atoms with Gasteiger partial charge < -0.3 is 109 Å². The molecule has 8 aromatic carbocycles. The van der Waals surface area contributed by atoms with Crippen LogP contribution in [0.3, 0.4) is 0 Å². The van der Waals surface area contributed by atoms with Gasteiger partial charge in [0, 0.05) is 13.1 Å². The van der Waals surface area contributed by atoms with Crippen LogP contribution in [0.1, 0.15) is 82.9 Å². The molecule has 0 saturated heterocycles. The number of carbonyl (C=O) groups excluding carboxylic acids is 8. The molecule has 0 heterocycles. The van der Waals surface area contributed by atoms with Crippen LogP contribution in [0.15, 0.2) is 243 Å². The molecule has 0 amide bonds. The molecule has 0 aromatic heterocycles. The van der Waals surface area contributed by atoms with Crippen molar-refractivity contribution in [3.8, 4) is 0 Å². The van der Waals surface area contributed by atoms with E-state index in [1.54, 1.807) is 155 Å². The molecule has 0 unspecified atom stereocenters. The summed E-state index contributed by atoms with van der Waals surface area (Å²) in [5, 5.41) is 117. The summed E-state index contributed by atoms with van der Waals surface area (Å²) in [6, 6.07) is 64.5. The van der Waals surface area contributed by atoms with Gasteiger partial charge in [0.05, 0.1) is 61.0 Å². The Morgan fingerprint density at radius 2 is 0.380 bits per heavy atom. The molecule has 0 fully saturated rings. The number of hydrogen-bond donors (Lipinski definition) is 2. The van der Waals surface area contributed by atoms with Crippen LogP contribution in [-0.4, -0.2) is 134 Å². The second-order valence-corrected chi connectivity index (χ2v) is 16.7. The molecule has 0 atom stereocenters. The zero-order chi connectivity index (χ0) is 66.3. The van der Waals surface area contributed by atoms with Crippen LogP contribution < -0.4 is 51.1 Å². The van der Waals surface area contributed by atoms with Gasteiger partial charge in [-0.25, -0.2) is 0 Å². The van der Waals surface area contributed by atoms with Gasteiger partial charge in [-0.2, -0.15) is 0 Å². The van der Waals surface area contributed by atoms with Crippen molar-refractivity contribution >= 4 is 47.8 Å². The van der Waals surface area contributed by atoms with E-state index in [9.17, 15) is 89.4 Å². The van der Waals surface area contributed by atoms with Crippen LogP contribution in [0.5, 0.6) is 0 Å². The Labute approximate surface area is 618 Å². The summed E-state index contributed by atoms with van der Waals surface area (Å²) in [5.74, 6) is -9.03. The molecule has 0 spiro atoms. The van der Waals surface area contributed by atoms with Gasteiger partial charge in [-0.15, -0.1) is 13.2 Å². The van der Waals surface area contributed by atoms with Crippen LogP contribution in [0.4, 0.5) is 0 Å². The average molecular weight is 1640 g/mol. The quantitative estimate of drug-likeness (QED) is 0.0970. The van der Waals surface area contributed by atoms with Crippen molar-refractivity contribution in [2.24, 2.45) is 0 Å². The average Bonchev–Trinajstić information content (AvgIpc) is 3.66. The van der Waals surface area contributed by atoms with E-state index in [0.29, 0.717) is 26.2 Å². The molecule has 0 saturated carbocycles. The number of aliphatic hydroxyl groups is 2. The predicted molar refractivity (Wildman–Crippen MR) is 305 cm³/mol. The van der Waals surface area contributed by atoms with E-state index < -0.39 is 47.8 Å². The first-order valence-corrected chi connectivity index (χ1v) is 25.9. The van der Waals surface area contributed by atoms with E-state index in [-0.39, 0.29) is 184 Å². The van der Waals surface area contributed by atoms with Crippen molar-refractivity contribution in [1.82, 2.24) is 9.80 Å². The number of carboxylic acids is 8. The van der Waals surface area contributed by atoms with Gasteiger partial charge in [-0.05, 0) is 71.7 Å². The molecular weight excluding hydrogens is 1570 g/mol. The summed E-state index contributed by atoms with van der Waals surface area (Å²) >= 11 is 0. The summed E-state index contributed by atoms with van der Waals surface area (Å²) in [7, 11) is 3.63. The first-order valence-electron chi connectivity index (χ1n) is 25.9. The standard InChI is InChI=1S/8C7H6O2.2C5H12NO2.2Co.2Gd/c8*8-7(9)6-4-2-1-3-5-6;2*1-6(2-4-7)3-5-8;;;;/h8*1-5H,(H,8,9);2*7H,2-5H2,1H3;;;;/q;;;;;;;;2*-1;2*+3;+2;+3/p-8. The van der Waals surface area contributed by atoms with E-state index in [4.69, 9.17) is 10.2 Å². The first-order chi connectivity index (χ1) is 42.1. The summed E-state index contributed by atoms with van der Waals surface area (Å²) in [6.07, 6.45) is 0. The van der Waals surface area contributed by atoms with Crippen molar-refractivity contribution in [1.29, 1.82) is 0 Å². The number of aliphatic hydroxyl groups excluding tert-OH is 2. The zero-order valence-corrected chi connectivity index (χ0v) is 55.9. The second-order valence-electron chi connectivity index (χ2n) is 16.7. The predicted octanol–water partition coefficient (Wildman–Crippen LogP) is -3.06. The van der Waals surface area contributed by atoms with E-state index >= 15 is 0 Å². The van der Waals surface area contributed by atoms with Gasteiger partial charge in [-0.3, -0.25) is 0 Å². The van der Waals surface area contributed by atoms with Gasteiger partial charge >= 0.3 is 113 Å². The topological polar surface area (TPSA) is 414 Å². The molecule has 8 rings (SSSR count). The number of carbonyl (C=O) groups is 8. The fraction of sp³-hybridized carbons (Fsp3) is 0.152. The van der Waals surface area contributed by atoms with E-state index in [1.165, 1.54) is 97.1 Å². The minimum absolute atomic E-state index is 0. The third-order valence-electron chi connectivity index (χ3n) is 9.99. The number of nitrogens with zero attached hydrogens (tertiary/aromatic N) is 2. The number of aromatic carboxylic acids is 8. The van der Waals surface area contributed by atoms with Gasteiger partial charge in [0.15, 0.2) is 0 Å². The van der Waals surface area contributed by atoms with Crippen LogP contribution in [0.25, 0.3) is 0 Å². The van der Waals surface area contributed by atoms with Crippen LogP contribution in [0, 0.1) is 79.9 Å². The Hall–Kier alpha value is -7.06. The number of hydrogen-bond acceptors (Lipinski definition) is 22. The zero-order valence-electron chi connectivity index (χ0n) is 49.3. The summed E-state index contributed by atoms with van der Waals surface area (Å²) in [4.78, 5) is 84.3. The number of rotatable bonds is 16. The first kappa shape index (κ1) is 96.0. The molecule has 491 valence electrons. The van der Waals surface area contributed by atoms with Gasteiger partial charge in [0.25, 0.3) is 0 Å². The molecule has 0 aliphatic heterocycles. The third kappa shape index (κ3) is 54.7. The molecule has 0 aliphatic carbocycles. The van der Waals surface area contributed by atoms with E-state index in [1.807, 2.05) is 14.1 Å². The molecule has 2 N–H and O–H groups in total. The molecule has 8 aromatic rings. The molecule has 0 bridgehead atoms. The summed E-state index contributed by atoms with van der Waals surface area (Å²) < 4.78 is 0. The number of benzene rings is 8. The SMILES string of the molecule is CN(CC[O-])CCO.CN(CC[O-])CCO.O=C([O-])c1ccccc1.O=C([O-])c1ccccc1.O=C([O-])c1ccccc1.O=C([O-])c1ccccc1.O=C([O-])c1ccccc1.O=C([O-])c1ccccc1.O=C([O-])c1ccccc1.O=C([O-])c1ccccc1.[Co+3].[Co+3].[Gd+2].[Gd+3]. The maximum absolute atomic E-state index is 10.1. The van der Waals surface area contributed by atoms with E-state index in [2.05, 4.69) is 0 Å². The summed E-state index contributed by atoms with van der Waals surface area (Å²) in [6.45, 7) is 2.35. The fourth-order valence-corrected chi connectivity index (χ4v) is 5.47. The Morgan fingerprint density at radius 3 is 0.446 bits per heavy atom. The van der Waals surface area contributed by atoms with Gasteiger partial charge in [-0.1, -0.05) is 243 Å². The number of carboxylic acid groups (broad SMARTS) is 8. The normalized spacial score (nSPS) is 8.78. The molecule has 1 radical (unpaired) electrons. The summed E-state index contributed by atoms with van der Waals surface area (Å²) in [5.41, 5.74) is 1.76. The minimum atomic E-state index is -1.13. The van der Waals surface area contributed by atoms with Crippen molar-refractivity contribution in [3.63, 3.8) is 0 Å². The number of likely N-dealkylation sites (N-methyl/N-ethyl adjacent to an activating group) is 2. The maximum atomic E-state index is 10.1. The van der Waals surface area contributed by atoms with Gasteiger partial charge in [0.2, 0.25) is 0 Å². The Morgan fingerprint density at radius 1 is 0.272 bits per heavy atom. The van der Waals surface area contributed by atoms with E-state index in [0.717, 1.165) is 0 Å². The molecule has 26 heteroatoms. The Kier molecular flexibility index (Phi) is 66.9. The van der Waals surface area contributed by atoms with Crippen molar-refractivity contribution < 1.29 is 213 Å². The smallest absolute Gasteiger partial charge is 0.854 e. The Bertz CT molecular complexity index is 2500.